The van der Waals surface area contributed by atoms with Gasteiger partial charge in [-0.25, -0.2) is 9.78 Å². The van der Waals surface area contributed by atoms with E-state index in [9.17, 15) is 4.79 Å². The molecule has 0 saturated carbocycles. The van der Waals surface area contributed by atoms with Crippen LogP contribution in [0.2, 0.25) is 0 Å². The number of hydrogen-bond donors (Lipinski definition) is 0. The highest BCUT2D eigenvalue weighted by atomic mass is 16.2. The van der Waals surface area contributed by atoms with E-state index in [0.29, 0.717) is 0 Å². The summed E-state index contributed by atoms with van der Waals surface area (Å²) >= 11 is 0. The van der Waals surface area contributed by atoms with E-state index in [-0.39, 0.29) is 6.03 Å². The fourth-order valence-corrected chi connectivity index (χ4v) is 2.92. The Balaban J connectivity index is 1.67. The Bertz CT molecular complexity index is 677. The van der Waals surface area contributed by atoms with Crippen molar-refractivity contribution in [3.05, 3.63) is 30.5 Å². The summed E-state index contributed by atoms with van der Waals surface area (Å²) in [5.41, 5.74) is 1.82. The van der Waals surface area contributed by atoms with Crippen molar-refractivity contribution in [3.8, 4) is 0 Å². The molecule has 0 N–H and O–H groups in total. The summed E-state index contributed by atoms with van der Waals surface area (Å²) in [6.45, 7) is 8.58. The van der Waals surface area contributed by atoms with Crippen LogP contribution in [0.5, 0.6) is 0 Å². The topological polar surface area (TPSA) is 52.6 Å². The smallest absolute Gasteiger partial charge is 0.320 e. The highest BCUT2D eigenvalue weighted by Gasteiger charge is 2.24. The van der Waals surface area contributed by atoms with E-state index in [1.165, 1.54) is 0 Å². The lowest BCUT2D eigenvalue weighted by atomic mass is 10.3. The number of anilines is 1. The van der Waals surface area contributed by atoms with Gasteiger partial charge in [-0.2, -0.15) is 0 Å². The van der Waals surface area contributed by atoms with Crippen LogP contribution in [-0.4, -0.2) is 65.1 Å². The number of nitrogens with zero attached hydrogens (tertiary/aromatic N) is 5. The zero-order valence-electron chi connectivity index (χ0n) is 13.8. The van der Waals surface area contributed by atoms with Gasteiger partial charge in [-0.3, -0.25) is 4.98 Å². The Morgan fingerprint density at radius 2 is 1.74 bits per heavy atom. The molecule has 1 aromatic carbocycles. The first-order valence-electron chi connectivity index (χ1n) is 8.23. The summed E-state index contributed by atoms with van der Waals surface area (Å²) in [4.78, 5) is 27.5. The summed E-state index contributed by atoms with van der Waals surface area (Å²) in [5, 5.41) is 0. The van der Waals surface area contributed by atoms with Crippen LogP contribution in [0.15, 0.2) is 30.5 Å². The molecule has 6 heteroatoms. The Labute approximate surface area is 136 Å². The molecule has 6 nitrogen and oxygen atoms in total. The molecule has 1 saturated heterocycles. The predicted molar refractivity (Wildman–Crippen MR) is 91.6 cm³/mol. The molecule has 0 aliphatic carbocycles. The molecule has 2 heterocycles. The molecule has 2 aromatic rings. The highest BCUT2D eigenvalue weighted by Crippen LogP contribution is 2.17. The maximum atomic E-state index is 12.4. The molecule has 0 unspecified atom stereocenters. The van der Waals surface area contributed by atoms with E-state index in [0.717, 1.165) is 56.1 Å². The van der Waals surface area contributed by atoms with Crippen LogP contribution in [-0.2, 0) is 0 Å². The van der Waals surface area contributed by atoms with Crippen LogP contribution in [0, 0.1) is 0 Å². The average molecular weight is 313 g/mol. The Kier molecular flexibility index (Phi) is 4.60. The van der Waals surface area contributed by atoms with Crippen molar-refractivity contribution in [3.63, 3.8) is 0 Å². The maximum absolute atomic E-state index is 12.4. The van der Waals surface area contributed by atoms with Crippen LogP contribution in [0.1, 0.15) is 13.8 Å². The molecular formula is C17H23N5O. The lowest BCUT2D eigenvalue weighted by Gasteiger charge is -2.37. The second kappa shape index (κ2) is 6.81. The molecule has 1 fully saturated rings. The number of fused-ring (bicyclic) bond motifs is 1. The number of para-hydroxylation sites is 2. The van der Waals surface area contributed by atoms with Gasteiger partial charge in [0.2, 0.25) is 0 Å². The van der Waals surface area contributed by atoms with E-state index >= 15 is 0 Å². The minimum Gasteiger partial charge on any atom is -0.352 e. The van der Waals surface area contributed by atoms with Crippen molar-refractivity contribution < 1.29 is 4.79 Å². The first-order chi connectivity index (χ1) is 11.2. The van der Waals surface area contributed by atoms with E-state index in [4.69, 9.17) is 0 Å². The zero-order chi connectivity index (χ0) is 16.2. The van der Waals surface area contributed by atoms with Crippen molar-refractivity contribution in [2.45, 2.75) is 13.8 Å². The van der Waals surface area contributed by atoms with Crippen LogP contribution in [0.25, 0.3) is 11.0 Å². The van der Waals surface area contributed by atoms with E-state index in [2.05, 4.69) is 14.9 Å². The molecule has 122 valence electrons. The third-order valence-corrected chi connectivity index (χ3v) is 4.34. The fourth-order valence-electron chi connectivity index (χ4n) is 2.92. The molecule has 1 aliphatic rings. The Hall–Kier alpha value is -2.37. The third-order valence-electron chi connectivity index (χ3n) is 4.34. The van der Waals surface area contributed by atoms with Crippen LogP contribution >= 0.6 is 0 Å². The van der Waals surface area contributed by atoms with Gasteiger partial charge in [0, 0.05) is 39.3 Å². The molecule has 23 heavy (non-hydrogen) atoms. The summed E-state index contributed by atoms with van der Waals surface area (Å²) in [6, 6.07) is 8.02. The van der Waals surface area contributed by atoms with E-state index in [1.54, 1.807) is 0 Å². The summed E-state index contributed by atoms with van der Waals surface area (Å²) < 4.78 is 0. The van der Waals surface area contributed by atoms with Crippen molar-refractivity contribution in [2.75, 3.05) is 44.2 Å². The fraction of sp³-hybridized carbons (Fsp3) is 0.471. The molecular weight excluding hydrogens is 290 g/mol. The molecule has 3 rings (SSSR count). The molecule has 1 aromatic heterocycles. The number of aromatic nitrogens is 2. The van der Waals surface area contributed by atoms with Gasteiger partial charge in [0.25, 0.3) is 0 Å². The average Bonchev–Trinajstić information content (AvgIpc) is 2.62. The normalized spacial score (nSPS) is 15.0. The second-order valence-corrected chi connectivity index (χ2v) is 5.65. The maximum Gasteiger partial charge on any atom is 0.320 e. The van der Waals surface area contributed by atoms with Gasteiger partial charge < -0.3 is 14.7 Å². The van der Waals surface area contributed by atoms with E-state index in [1.807, 2.05) is 54.1 Å². The lowest BCUT2D eigenvalue weighted by Crippen LogP contribution is -2.53. The van der Waals surface area contributed by atoms with E-state index < -0.39 is 0 Å². The molecule has 2 amide bonds. The van der Waals surface area contributed by atoms with Gasteiger partial charge in [0.15, 0.2) is 0 Å². The number of carbonyl (C=O) groups excluding carboxylic acids is 1. The van der Waals surface area contributed by atoms with Crippen LogP contribution in [0.4, 0.5) is 10.6 Å². The highest BCUT2D eigenvalue weighted by molar-refractivity contribution is 5.76. The number of rotatable bonds is 3. The number of urea groups is 1. The largest absolute Gasteiger partial charge is 0.352 e. The minimum absolute atomic E-state index is 0.138. The van der Waals surface area contributed by atoms with Gasteiger partial charge >= 0.3 is 6.03 Å². The first-order valence-corrected chi connectivity index (χ1v) is 8.23. The SMILES string of the molecule is CCN(CC)C(=O)N1CCN(c2cnc3ccccc3n2)CC1. The van der Waals surface area contributed by atoms with Gasteiger partial charge in [-0.15, -0.1) is 0 Å². The first kappa shape index (κ1) is 15.5. The molecule has 0 bridgehead atoms. The third kappa shape index (κ3) is 3.21. The van der Waals surface area contributed by atoms with Gasteiger partial charge in [0.05, 0.1) is 17.2 Å². The quantitative estimate of drug-likeness (QED) is 0.872. The van der Waals surface area contributed by atoms with Gasteiger partial charge in [-0.05, 0) is 26.0 Å². The number of benzene rings is 1. The van der Waals surface area contributed by atoms with Gasteiger partial charge in [-0.1, -0.05) is 12.1 Å². The number of hydrogen-bond acceptors (Lipinski definition) is 4. The molecule has 1 aliphatic heterocycles. The minimum atomic E-state index is 0.138. The predicted octanol–water partition coefficient (Wildman–Crippen LogP) is 2.21. The molecule has 0 atom stereocenters. The summed E-state index contributed by atoms with van der Waals surface area (Å²) in [5.74, 6) is 0.888. The molecule has 0 radical (unpaired) electrons. The Morgan fingerprint density at radius 1 is 1.09 bits per heavy atom. The number of carbonyl (C=O) groups is 1. The standard InChI is InChI=1S/C17H23N5O/c1-3-20(4-2)17(23)22-11-9-21(10-12-22)16-13-18-14-7-5-6-8-15(14)19-16/h5-8,13H,3-4,9-12H2,1-2H3. The summed E-state index contributed by atoms with van der Waals surface area (Å²) in [7, 11) is 0. The van der Waals surface area contributed by atoms with Gasteiger partial charge in [0.1, 0.15) is 5.82 Å². The second-order valence-electron chi connectivity index (χ2n) is 5.65. The molecule has 0 spiro atoms. The lowest BCUT2D eigenvalue weighted by molar-refractivity contribution is 0.154. The summed E-state index contributed by atoms with van der Waals surface area (Å²) in [6.07, 6.45) is 1.82. The van der Waals surface area contributed by atoms with Crippen molar-refractivity contribution >= 4 is 22.9 Å². The van der Waals surface area contributed by atoms with Crippen LogP contribution < -0.4 is 4.90 Å². The van der Waals surface area contributed by atoms with Crippen molar-refractivity contribution in [1.29, 1.82) is 0 Å². The Morgan fingerprint density at radius 3 is 2.39 bits per heavy atom. The van der Waals surface area contributed by atoms with Crippen molar-refractivity contribution in [2.24, 2.45) is 0 Å². The number of piperazine rings is 1. The number of amides is 2. The zero-order valence-corrected chi connectivity index (χ0v) is 13.8. The monoisotopic (exact) mass is 313 g/mol. The van der Waals surface area contributed by atoms with Crippen molar-refractivity contribution in [1.82, 2.24) is 19.8 Å². The van der Waals surface area contributed by atoms with Crippen LogP contribution in [0.3, 0.4) is 0 Å².